The number of carbonyl (C=O) groups is 1. The maximum absolute atomic E-state index is 12.8. The lowest BCUT2D eigenvalue weighted by atomic mass is 10.0. The van der Waals surface area contributed by atoms with Gasteiger partial charge in [0.2, 0.25) is 5.91 Å². The van der Waals surface area contributed by atoms with Crippen molar-refractivity contribution >= 4 is 28.3 Å². The summed E-state index contributed by atoms with van der Waals surface area (Å²) in [6.45, 7) is 1.89. The molecule has 1 aromatic heterocycles. The van der Waals surface area contributed by atoms with E-state index in [1.165, 1.54) is 6.42 Å². The highest BCUT2D eigenvalue weighted by atomic mass is 16.2. The third kappa shape index (κ3) is 3.84. The van der Waals surface area contributed by atoms with Crippen molar-refractivity contribution in [2.75, 3.05) is 23.3 Å². The van der Waals surface area contributed by atoms with E-state index in [-0.39, 0.29) is 11.6 Å². The van der Waals surface area contributed by atoms with Crippen molar-refractivity contribution in [3.8, 4) is 12.3 Å². The summed E-state index contributed by atoms with van der Waals surface area (Å²) in [5.74, 6) is 2.53. The molecule has 158 valence electrons. The first-order chi connectivity index (χ1) is 14.4. The van der Waals surface area contributed by atoms with Gasteiger partial charge in [-0.2, -0.15) is 10.2 Å². The number of benzene rings is 1. The molecule has 8 heteroatoms. The van der Waals surface area contributed by atoms with Crippen LogP contribution in [0.4, 0.5) is 11.4 Å². The van der Waals surface area contributed by atoms with E-state index in [0.717, 1.165) is 48.3 Å². The van der Waals surface area contributed by atoms with Crippen molar-refractivity contribution in [3.05, 3.63) is 22.6 Å². The van der Waals surface area contributed by atoms with E-state index in [0.29, 0.717) is 25.7 Å². The van der Waals surface area contributed by atoms with Gasteiger partial charge in [0.25, 0.3) is 0 Å². The summed E-state index contributed by atoms with van der Waals surface area (Å²) >= 11 is 0. The van der Waals surface area contributed by atoms with E-state index in [4.69, 9.17) is 6.42 Å². The first kappa shape index (κ1) is 20.2. The molecule has 0 atom stereocenters. The average Bonchev–Trinajstić information content (AvgIpc) is 3.51. The van der Waals surface area contributed by atoms with Gasteiger partial charge in [-0.15, -0.1) is 12.3 Å². The van der Waals surface area contributed by atoms with Crippen molar-refractivity contribution in [2.45, 2.75) is 50.6 Å². The number of hydrogen-bond acceptors (Lipinski definition) is 5. The fraction of sp³-hybridized carbons (Fsp3) is 0.545. The molecule has 1 saturated heterocycles. The molecule has 0 spiro atoms. The summed E-state index contributed by atoms with van der Waals surface area (Å²) in [5, 5.41) is 11.3. The monoisotopic (exact) mass is 408 g/mol. The fourth-order valence-electron chi connectivity index (χ4n) is 4.23. The molecule has 4 rings (SSSR count). The normalized spacial score (nSPS) is 17.2. The standard InChI is InChI=1S/C22H28N6O2/c1-4-5-10-22(24-25-22)11-9-20(29)23-16-14-18-19(27(3)21(30)26(18)2)15-17(16)28-12-7-6-8-13-28/h1,14-15H,5-13H2,2-3H3,(H,23,29). The van der Waals surface area contributed by atoms with E-state index < -0.39 is 5.66 Å². The second kappa shape index (κ2) is 7.98. The van der Waals surface area contributed by atoms with E-state index in [1.54, 1.807) is 23.2 Å². The number of anilines is 2. The number of terminal acetylenes is 1. The Morgan fingerprint density at radius 3 is 2.43 bits per heavy atom. The van der Waals surface area contributed by atoms with Crippen LogP contribution in [0.5, 0.6) is 0 Å². The Balaban J connectivity index is 1.58. The molecule has 3 heterocycles. The predicted octanol–water partition coefficient (Wildman–Crippen LogP) is 3.16. The third-order valence-corrected chi connectivity index (χ3v) is 6.17. The molecular formula is C22H28N6O2. The van der Waals surface area contributed by atoms with Gasteiger partial charge in [-0.3, -0.25) is 13.9 Å². The maximum atomic E-state index is 12.8. The van der Waals surface area contributed by atoms with Crippen LogP contribution in [-0.4, -0.2) is 33.8 Å². The lowest BCUT2D eigenvalue weighted by Gasteiger charge is -2.30. The Labute approximate surface area is 176 Å². The van der Waals surface area contributed by atoms with Gasteiger partial charge in [0, 0.05) is 52.9 Å². The first-order valence-electron chi connectivity index (χ1n) is 10.6. The number of piperidine rings is 1. The zero-order chi connectivity index (χ0) is 21.3. The van der Waals surface area contributed by atoms with Gasteiger partial charge in [-0.25, -0.2) is 4.79 Å². The minimum Gasteiger partial charge on any atom is -0.370 e. The molecule has 1 N–H and O–H groups in total. The van der Waals surface area contributed by atoms with E-state index >= 15 is 0 Å². The van der Waals surface area contributed by atoms with Crippen LogP contribution in [0, 0.1) is 12.3 Å². The molecule has 1 fully saturated rings. The van der Waals surface area contributed by atoms with Gasteiger partial charge in [-0.05, 0) is 31.4 Å². The highest BCUT2D eigenvalue weighted by Crippen LogP contribution is 2.38. The first-order valence-corrected chi connectivity index (χ1v) is 10.6. The summed E-state index contributed by atoms with van der Waals surface area (Å²) < 4.78 is 3.27. The highest BCUT2D eigenvalue weighted by Gasteiger charge is 2.39. The van der Waals surface area contributed by atoms with Gasteiger partial charge < -0.3 is 10.2 Å². The number of imidazole rings is 1. The Bertz CT molecular complexity index is 1090. The molecule has 30 heavy (non-hydrogen) atoms. The van der Waals surface area contributed by atoms with Crippen molar-refractivity contribution in [1.29, 1.82) is 0 Å². The summed E-state index contributed by atoms with van der Waals surface area (Å²) in [6.07, 6.45) is 11.0. The quantitative estimate of drug-likeness (QED) is 0.714. The van der Waals surface area contributed by atoms with Crippen LogP contribution < -0.4 is 15.9 Å². The van der Waals surface area contributed by atoms with Gasteiger partial charge in [0.05, 0.1) is 22.4 Å². The smallest absolute Gasteiger partial charge is 0.328 e. The van der Waals surface area contributed by atoms with Crippen LogP contribution >= 0.6 is 0 Å². The number of aryl methyl sites for hydroxylation is 2. The maximum Gasteiger partial charge on any atom is 0.328 e. The SMILES string of the molecule is C#CCCC1(CCC(=O)Nc2cc3c(cc2N2CCCCC2)n(C)c(=O)n3C)N=N1. The molecule has 0 unspecified atom stereocenters. The van der Waals surface area contributed by atoms with Gasteiger partial charge in [0.15, 0.2) is 5.66 Å². The van der Waals surface area contributed by atoms with Crippen molar-refractivity contribution in [1.82, 2.24) is 9.13 Å². The Morgan fingerprint density at radius 2 is 1.80 bits per heavy atom. The Morgan fingerprint density at radius 1 is 1.13 bits per heavy atom. The fourth-order valence-corrected chi connectivity index (χ4v) is 4.23. The number of nitrogens with one attached hydrogen (secondary N) is 1. The zero-order valence-electron chi connectivity index (χ0n) is 17.6. The van der Waals surface area contributed by atoms with Crippen LogP contribution in [0.15, 0.2) is 27.2 Å². The summed E-state index contributed by atoms with van der Waals surface area (Å²) in [6, 6.07) is 3.94. The minimum atomic E-state index is -0.466. The molecule has 1 amide bonds. The Kier molecular flexibility index (Phi) is 5.37. The molecule has 2 aromatic rings. The second-order valence-corrected chi connectivity index (χ2v) is 8.24. The molecule has 0 aliphatic carbocycles. The van der Waals surface area contributed by atoms with Crippen LogP contribution in [0.3, 0.4) is 0 Å². The number of fused-ring (bicyclic) bond motifs is 1. The molecule has 2 aliphatic heterocycles. The molecule has 1 aromatic carbocycles. The summed E-state index contributed by atoms with van der Waals surface area (Å²) in [4.78, 5) is 27.5. The lowest BCUT2D eigenvalue weighted by Crippen LogP contribution is -2.30. The topological polar surface area (TPSA) is 84.0 Å². The number of nitrogens with zero attached hydrogens (tertiary/aromatic N) is 5. The number of carbonyl (C=O) groups excluding carboxylic acids is 1. The number of amides is 1. The van der Waals surface area contributed by atoms with Gasteiger partial charge >= 0.3 is 5.69 Å². The van der Waals surface area contributed by atoms with Gasteiger partial charge in [0.1, 0.15) is 0 Å². The van der Waals surface area contributed by atoms with E-state index in [9.17, 15) is 9.59 Å². The van der Waals surface area contributed by atoms with Crippen LogP contribution in [-0.2, 0) is 18.9 Å². The van der Waals surface area contributed by atoms with Crippen molar-refractivity contribution < 1.29 is 4.79 Å². The molecule has 0 radical (unpaired) electrons. The van der Waals surface area contributed by atoms with E-state index in [1.807, 2.05) is 12.1 Å². The van der Waals surface area contributed by atoms with Gasteiger partial charge in [-0.1, -0.05) is 0 Å². The number of aromatic nitrogens is 2. The van der Waals surface area contributed by atoms with Crippen LogP contribution in [0.1, 0.15) is 44.9 Å². The lowest BCUT2D eigenvalue weighted by molar-refractivity contribution is -0.116. The van der Waals surface area contributed by atoms with E-state index in [2.05, 4.69) is 26.4 Å². The summed E-state index contributed by atoms with van der Waals surface area (Å²) in [5.41, 5.74) is 2.84. The molecular weight excluding hydrogens is 380 g/mol. The average molecular weight is 409 g/mol. The zero-order valence-corrected chi connectivity index (χ0v) is 17.6. The van der Waals surface area contributed by atoms with Crippen molar-refractivity contribution in [2.24, 2.45) is 24.3 Å². The minimum absolute atomic E-state index is 0.0778. The third-order valence-electron chi connectivity index (χ3n) is 6.17. The highest BCUT2D eigenvalue weighted by molar-refractivity contribution is 5.98. The predicted molar refractivity (Wildman–Crippen MR) is 118 cm³/mol. The summed E-state index contributed by atoms with van der Waals surface area (Å²) in [7, 11) is 3.53. The molecule has 2 aliphatic rings. The largest absolute Gasteiger partial charge is 0.370 e. The second-order valence-electron chi connectivity index (χ2n) is 8.24. The number of rotatable bonds is 7. The number of hydrogen-bond donors (Lipinski definition) is 1. The molecule has 8 nitrogen and oxygen atoms in total. The molecule has 0 bridgehead atoms. The Hall–Kier alpha value is -3.08. The van der Waals surface area contributed by atoms with Crippen molar-refractivity contribution in [3.63, 3.8) is 0 Å². The van der Waals surface area contributed by atoms with Crippen LogP contribution in [0.2, 0.25) is 0 Å². The van der Waals surface area contributed by atoms with Crippen LogP contribution in [0.25, 0.3) is 11.0 Å². The molecule has 0 saturated carbocycles.